The summed E-state index contributed by atoms with van der Waals surface area (Å²) in [6, 6.07) is 0. The van der Waals surface area contributed by atoms with Gasteiger partial charge in [-0.15, -0.1) is 12.4 Å². The van der Waals surface area contributed by atoms with Gasteiger partial charge in [0.05, 0.1) is 0 Å². The molecule has 0 aliphatic carbocycles. The van der Waals surface area contributed by atoms with Crippen LogP contribution in [-0.4, -0.2) is 11.5 Å². The van der Waals surface area contributed by atoms with Gasteiger partial charge >= 0.3 is 0 Å². The molecule has 0 atom stereocenters. The van der Waals surface area contributed by atoms with Gasteiger partial charge in [-0.3, -0.25) is 4.98 Å². The van der Waals surface area contributed by atoms with Crippen molar-refractivity contribution in [1.29, 1.82) is 0 Å². The summed E-state index contributed by atoms with van der Waals surface area (Å²) in [5.74, 6) is 0. The van der Waals surface area contributed by atoms with Gasteiger partial charge in [-0.2, -0.15) is 0 Å². The molecule has 2 N–H and O–H groups in total. The smallest absolute Gasteiger partial charge is 0.0413 e. The van der Waals surface area contributed by atoms with E-state index in [0.29, 0.717) is 6.54 Å². The number of pyridine rings is 1. The highest BCUT2D eigenvalue weighted by Gasteiger charge is 2.02. The first-order valence-electron chi connectivity index (χ1n) is 3.23. The molecule has 0 spiro atoms. The van der Waals surface area contributed by atoms with Gasteiger partial charge in [0.2, 0.25) is 0 Å². The van der Waals surface area contributed by atoms with E-state index in [0.717, 1.165) is 15.4 Å². The van der Waals surface area contributed by atoms with Crippen LogP contribution in [0.15, 0.2) is 21.3 Å². The number of nitrogens with zero attached hydrogens (tertiary/aromatic N) is 1. The summed E-state index contributed by atoms with van der Waals surface area (Å²) in [6.45, 7) is 0.654. The monoisotopic (exact) mass is 314 g/mol. The van der Waals surface area contributed by atoms with Crippen LogP contribution in [0.2, 0.25) is 0 Å². The Morgan fingerprint density at radius 2 is 1.75 bits per heavy atom. The number of rotatable bonds is 2. The summed E-state index contributed by atoms with van der Waals surface area (Å²) in [5, 5.41) is 0. The minimum Gasteiger partial charge on any atom is -0.330 e. The molecular formula is C7H9Br2ClN2. The number of halogens is 3. The summed E-state index contributed by atoms with van der Waals surface area (Å²) in [6.07, 6.45) is 4.41. The van der Waals surface area contributed by atoms with E-state index in [4.69, 9.17) is 5.73 Å². The standard InChI is InChI=1S/C7H8Br2N2.ClH/c8-6-3-11-4-7(9)5(6)1-2-10;/h3-4H,1-2,10H2;1H. The predicted octanol–water partition coefficient (Wildman–Crippen LogP) is 2.53. The molecule has 68 valence electrons. The predicted molar refractivity (Wildman–Crippen MR) is 59.6 cm³/mol. The highest BCUT2D eigenvalue weighted by Crippen LogP contribution is 2.23. The van der Waals surface area contributed by atoms with Crippen LogP contribution in [0, 0.1) is 0 Å². The molecule has 0 saturated heterocycles. The minimum atomic E-state index is 0. The van der Waals surface area contributed by atoms with Crippen LogP contribution in [0.3, 0.4) is 0 Å². The number of hydrogen-bond donors (Lipinski definition) is 1. The van der Waals surface area contributed by atoms with Crippen LogP contribution in [0.4, 0.5) is 0 Å². The maximum absolute atomic E-state index is 5.44. The van der Waals surface area contributed by atoms with E-state index >= 15 is 0 Å². The molecule has 0 aromatic carbocycles. The van der Waals surface area contributed by atoms with Crippen molar-refractivity contribution in [2.75, 3.05) is 6.54 Å². The van der Waals surface area contributed by atoms with E-state index in [1.807, 2.05) is 0 Å². The lowest BCUT2D eigenvalue weighted by atomic mass is 10.2. The Hall–Kier alpha value is 0.360. The molecule has 1 aromatic heterocycles. The average molecular weight is 316 g/mol. The quantitative estimate of drug-likeness (QED) is 0.910. The van der Waals surface area contributed by atoms with Crippen LogP contribution in [0.5, 0.6) is 0 Å². The molecule has 0 radical (unpaired) electrons. The molecule has 1 heterocycles. The van der Waals surface area contributed by atoms with Crippen molar-refractivity contribution in [1.82, 2.24) is 4.98 Å². The molecule has 1 aromatic rings. The summed E-state index contributed by atoms with van der Waals surface area (Å²) >= 11 is 6.80. The molecule has 2 nitrogen and oxygen atoms in total. The van der Waals surface area contributed by atoms with Gasteiger partial charge < -0.3 is 5.73 Å². The molecule has 12 heavy (non-hydrogen) atoms. The van der Waals surface area contributed by atoms with E-state index in [1.54, 1.807) is 12.4 Å². The number of hydrogen-bond acceptors (Lipinski definition) is 2. The Balaban J connectivity index is 0.00000121. The molecule has 0 aliphatic rings. The maximum Gasteiger partial charge on any atom is 0.0413 e. The van der Waals surface area contributed by atoms with Gasteiger partial charge in [-0.25, -0.2) is 0 Å². The van der Waals surface area contributed by atoms with E-state index < -0.39 is 0 Å². The fraction of sp³-hybridized carbons (Fsp3) is 0.286. The fourth-order valence-electron chi connectivity index (χ4n) is 0.821. The van der Waals surface area contributed by atoms with Gasteiger partial charge in [0.15, 0.2) is 0 Å². The zero-order valence-corrected chi connectivity index (χ0v) is 10.2. The van der Waals surface area contributed by atoms with Crippen LogP contribution >= 0.6 is 44.3 Å². The number of nitrogens with two attached hydrogens (primary N) is 1. The molecule has 5 heteroatoms. The van der Waals surface area contributed by atoms with Gasteiger partial charge in [0, 0.05) is 21.3 Å². The van der Waals surface area contributed by atoms with Crippen molar-refractivity contribution in [3.8, 4) is 0 Å². The second kappa shape index (κ2) is 5.91. The van der Waals surface area contributed by atoms with Gasteiger partial charge in [0.25, 0.3) is 0 Å². The average Bonchev–Trinajstić information content (AvgIpc) is 1.97. The van der Waals surface area contributed by atoms with Gasteiger partial charge in [-0.05, 0) is 50.4 Å². The van der Waals surface area contributed by atoms with Crippen LogP contribution in [-0.2, 0) is 6.42 Å². The summed E-state index contributed by atoms with van der Waals surface area (Å²) in [7, 11) is 0. The van der Waals surface area contributed by atoms with Crippen LogP contribution in [0.1, 0.15) is 5.56 Å². The zero-order valence-electron chi connectivity index (χ0n) is 6.26. The third kappa shape index (κ3) is 3.01. The first-order chi connectivity index (χ1) is 5.25. The Morgan fingerprint density at radius 3 is 2.17 bits per heavy atom. The van der Waals surface area contributed by atoms with Crippen molar-refractivity contribution < 1.29 is 0 Å². The van der Waals surface area contributed by atoms with Gasteiger partial charge in [0.1, 0.15) is 0 Å². The second-order valence-corrected chi connectivity index (χ2v) is 3.83. The van der Waals surface area contributed by atoms with Crippen molar-refractivity contribution in [3.63, 3.8) is 0 Å². The summed E-state index contributed by atoms with van der Waals surface area (Å²) in [4.78, 5) is 3.99. The lowest BCUT2D eigenvalue weighted by Crippen LogP contribution is -2.04. The first kappa shape index (κ1) is 12.4. The van der Waals surface area contributed by atoms with Crippen LogP contribution in [0.25, 0.3) is 0 Å². The highest BCUT2D eigenvalue weighted by atomic mass is 79.9. The maximum atomic E-state index is 5.44. The Kier molecular flexibility index (Phi) is 6.09. The lowest BCUT2D eigenvalue weighted by Gasteiger charge is -2.03. The highest BCUT2D eigenvalue weighted by molar-refractivity contribution is 9.11. The van der Waals surface area contributed by atoms with E-state index in [9.17, 15) is 0 Å². The largest absolute Gasteiger partial charge is 0.330 e. The molecule has 0 aliphatic heterocycles. The van der Waals surface area contributed by atoms with Crippen molar-refractivity contribution in [2.24, 2.45) is 5.73 Å². The number of aromatic nitrogens is 1. The fourth-order valence-corrected chi connectivity index (χ4v) is 2.15. The molecule has 0 unspecified atom stereocenters. The third-order valence-corrected chi connectivity index (χ3v) is 2.71. The lowest BCUT2D eigenvalue weighted by molar-refractivity contribution is 0.950. The first-order valence-corrected chi connectivity index (χ1v) is 4.82. The molecule has 0 saturated carbocycles. The topological polar surface area (TPSA) is 38.9 Å². The molecule has 0 bridgehead atoms. The summed E-state index contributed by atoms with van der Waals surface area (Å²) < 4.78 is 2.02. The molecule has 0 fully saturated rings. The Morgan fingerprint density at radius 1 is 1.25 bits per heavy atom. The van der Waals surface area contributed by atoms with Crippen molar-refractivity contribution in [3.05, 3.63) is 26.9 Å². The van der Waals surface area contributed by atoms with Gasteiger partial charge in [-0.1, -0.05) is 0 Å². The van der Waals surface area contributed by atoms with E-state index in [-0.39, 0.29) is 12.4 Å². The summed E-state index contributed by atoms with van der Waals surface area (Å²) in [5.41, 5.74) is 6.62. The molecular weight excluding hydrogens is 307 g/mol. The van der Waals surface area contributed by atoms with E-state index in [1.165, 1.54) is 5.56 Å². The normalized spacial score (nSPS) is 9.25. The molecule has 1 rings (SSSR count). The van der Waals surface area contributed by atoms with Crippen LogP contribution < -0.4 is 5.73 Å². The zero-order chi connectivity index (χ0) is 8.27. The van der Waals surface area contributed by atoms with Crippen molar-refractivity contribution >= 4 is 44.3 Å². The SMILES string of the molecule is Cl.NCCc1c(Br)cncc1Br. The second-order valence-electron chi connectivity index (χ2n) is 2.12. The van der Waals surface area contributed by atoms with Crippen molar-refractivity contribution in [2.45, 2.75) is 6.42 Å². The Labute approximate surface area is 94.6 Å². The molecule has 0 amide bonds. The third-order valence-electron chi connectivity index (χ3n) is 1.35. The minimum absolute atomic E-state index is 0. The van der Waals surface area contributed by atoms with E-state index in [2.05, 4.69) is 36.8 Å². The Bertz CT molecular complexity index is 235.